The fourth-order valence-electron chi connectivity index (χ4n) is 2.65. The van der Waals surface area contributed by atoms with E-state index in [-0.39, 0.29) is 5.91 Å². The number of halogens is 1. The summed E-state index contributed by atoms with van der Waals surface area (Å²) >= 11 is 5.40. The van der Waals surface area contributed by atoms with Gasteiger partial charge in [0.05, 0.1) is 5.41 Å². The number of hydrogen-bond acceptors (Lipinski definition) is 2. The highest BCUT2D eigenvalue weighted by atomic mass is 35.5. The number of hydrogen-bond donors (Lipinski definition) is 1. The molecule has 2 rings (SSSR count). The lowest BCUT2D eigenvalue weighted by Crippen LogP contribution is -2.48. The van der Waals surface area contributed by atoms with Crippen molar-refractivity contribution in [3.05, 3.63) is 47.5 Å². The van der Waals surface area contributed by atoms with Crippen LogP contribution in [0.3, 0.4) is 0 Å². The standard InChI is InChI=1S/C15H16ClNO3/c16-9-6-13(18)17-10-7-15(8-11-17,14(19)20)12-4-2-1-3-5-12/h1-6,9H,7-8,10-11H2,(H,19,20)/b9-6-. The van der Waals surface area contributed by atoms with Crippen LogP contribution in [0.5, 0.6) is 0 Å². The lowest BCUT2D eigenvalue weighted by Gasteiger charge is -2.38. The number of carboxylic acids is 1. The minimum atomic E-state index is -0.900. The van der Waals surface area contributed by atoms with E-state index in [0.717, 1.165) is 5.56 Å². The predicted molar refractivity (Wildman–Crippen MR) is 76.6 cm³/mol. The smallest absolute Gasteiger partial charge is 0.314 e. The molecule has 1 aromatic carbocycles. The first-order valence-electron chi connectivity index (χ1n) is 6.45. The number of rotatable bonds is 3. The van der Waals surface area contributed by atoms with E-state index in [1.165, 1.54) is 11.6 Å². The van der Waals surface area contributed by atoms with Crippen LogP contribution in [0.2, 0.25) is 0 Å². The van der Waals surface area contributed by atoms with Crippen molar-refractivity contribution < 1.29 is 14.7 Å². The Morgan fingerprint density at radius 3 is 2.30 bits per heavy atom. The minimum absolute atomic E-state index is 0.174. The predicted octanol–water partition coefficient (Wildman–Crippen LogP) is 2.38. The van der Waals surface area contributed by atoms with Crippen molar-refractivity contribution in [3.63, 3.8) is 0 Å². The van der Waals surface area contributed by atoms with Gasteiger partial charge in [-0.05, 0) is 18.4 Å². The van der Waals surface area contributed by atoms with E-state index in [9.17, 15) is 14.7 Å². The lowest BCUT2D eigenvalue weighted by atomic mass is 9.73. The molecule has 0 spiro atoms. The molecule has 1 N–H and O–H groups in total. The Labute approximate surface area is 122 Å². The molecule has 5 heteroatoms. The molecule has 20 heavy (non-hydrogen) atoms. The topological polar surface area (TPSA) is 57.6 Å². The van der Waals surface area contributed by atoms with Crippen molar-refractivity contribution in [2.75, 3.05) is 13.1 Å². The summed E-state index contributed by atoms with van der Waals surface area (Å²) in [6, 6.07) is 9.22. The van der Waals surface area contributed by atoms with Gasteiger partial charge in [0.15, 0.2) is 0 Å². The van der Waals surface area contributed by atoms with Crippen molar-refractivity contribution in [3.8, 4) is 0 Å². The Kier molecular flexibility index (Phi) is 4.45. The fraction of sp³-hybridized carbons (Fsp3) is 0.333. The normalized spacial score (nSPS) is 18.1. The van der Waals surface area contributed by atoms with Gasteiger partial charge in [-0.25, -0.2) is 0 Å². The highest BCUT2D eigenvalue weighted by Crippen LogP contribution is 2.35. The number of carbonyl (C=O) groups excluding carboxylic acids is 1. The molecule has 0 aromatic heterocycles. The van der Waals surface area contributed by atoms with E-state index in [4.69, 9.17) is 11.6 Å². The second-order valence-electron chi connectivity index (χ2n) is 4.87. The number of nitrogens with zero attached hydrogens (tertiary/aromatic N) is 1. The van der Waals surface area contributed by atoms with Gasteiger partial charge in [-0.3, -0.25) is 9.59 Å². The van der Waals surface area contributed by atoms with Crippen LogP contribution in [0.25, 0.3) is 0 Å². The molecule has 0 atom stereocenters. The SMILES string of the molecule is O=C(/C=C\Cl)N1CCC(C(=O)O)(c2ccccc2)CC1. The zero-order valence-corrected chi connectivity index (χ0v) is 11.7. The summed E-state index contributed by atoms with van der Waals surface area (Å²) in [6.45, 7) is 0.836. The third kappa shape index (κ3) is 2.70. The Morgan fingerprint density at radius 2 is 1.80 bits per heavy atom. The summed E-state index contributed by atoms with van der Waals surface area (Å²) in [7, 11) is 0. The number of aliphatic carboxylic acids is 1. The number of amides is 1. The molecule has 1 saturated heterocycles. The molecule has 1 amide bonds. The van der Waals surface area contributed by atoms with Gasteiger partial charge in [0, 0.05) is 24.7 Å². The van der Waals surface area contributed by atoms with Gasteiger partial charge in [-0.2, -0.15) is 0 Å². The van der Waals surface area contributed by atoms with Gasteiger partial charge in [-0.15, -0.1) is 0 Å². The number of benzene rings is 1. The molecule has 1 fully saturated rings. The third-order valence-electron chi connectivity index (χ3n) is 3.87. The molecule has 1 aliphatic heterocycles. The molecule has 1 aliphatic rings. The Hall–Kier alpha value is -1.81. The van der Waals surface area contributed by atoms with Crippen molar-refractivity contribution in [1.82, 2.24) is 4.90 Å². The average Bonchev–Trinajstić information content (AvgIpc) is 2.48. The highest BCUT2D eigenvalue weighted by molar-refractivity contribution is 6.26. The molecule has 106 valence electrons. The number of carboxylic acid groups (broad SMARTS) is 1. The van der Waals surface area contributed by atoms with Crippen LogP contribution in [0.1, 0.15) is 18.4 Å². The summed E-state index contributed by atoms with van der Waals surface area (Å²) in [5.74, 6) is -1.00. The van der Waals surface area contributed by atoms with E-state index < -0.39 is 11.4 Å². The van der Waals surface area contributed by atoms with Gasteiger partial charge < -0.3 is 10.0 Å². The molecular formula is C15H16ClNO3. The molecule has 4 nitrogen and oxygen atoms in total. The number of piperidine rings is 1. The van der Waals surface area contributed by atoms with E-state index >= 15 is 0 Å². The van der Waals surface area contributed by atoms with Crippen molar-refractivity contribution >= 4 is 23.5 Å². The fourth-order valence-corrected chi connectivity index (χ4v) is 2.76. The first-order chi connectivity index (χ1) is 9.60. The third-order valence-corrected chi connectivity index (χ3v) is 4.00. The molecule has 0 aliphatic carbocycles. The Morgan fingerprint density at radius 1 is 1.20 bits per heavy atom. The zero-order chi connectivity index (χ0) is 14.6. The Bertz CT molecular complexity index is 519. The summed E-state index contributed by atoms with van der Waals surface area (Å²) in [6.07, 6.45) is 2.11. The second kappa shape index (κ2) is 6.09. The van der Waals surface area contributed by atoms with Crippen LogP contribution in [0.4, 0.5) is 0 Å². The summed E-state index contributed by atoms with van der Waals surface area (Å²) < 4.78 is 0. The van der Waals surface area contributed by atoms with E-state index in [1.807, 2.05) is 30.3 Å². The lowest BCUT2D eigenvalue weighted by molar-refractivity contribution is -0.147. The largest absolute Gasteiger partial charge is 0.481 e. The minimum Gasteiger partial charge on any atom is -0.481 e. The quantitative estimate of drug-likeness (QED) is 0.871. The van der Waals surface area contributed by atoms with Gasteiger partial charge in [0.25, 0.3) is 0 Å². The number of carbonyl (C=O) groups is 2. The van der Waals surface area contributed by atoms with Crippen molar-refractivity contribution in [1.29, 1.82) is 0 Å². The van der Waals surface area contributed by atoms with Crippen LogP contribution in [-0.2, 0) is 15.0 Å². The van der Waals surface area contributed by atoms with Gasteiger partial charge in [-0.1, -0.05) is 41.9 Å². The van der Waals surface area contributed by atoms with E-state index in [1.54, 1.807) is 4.90 Å². The van der Waals surface area contributed by atoms with Crippen LogP contribution < -0.4 is 0 Å². The maximum absolute atomic E-state index is 11.7. The van der Waals surface area contributed by atoms with E-state index in [2.05, 4.69) is 0 Å². The molecular weight excluding hydrogens is 278 g/mol. The van der Waals surface area contributed by atoms with Crippen LogP contribution in [-0.4, -0.2) is 35.0 Å². The van der Waals surface area contributed by atoms with Crippen molar-refractivity contribution in [2.24, 2.45) is 0 Å². The first-order valence-corrected chi connectivity index (χ1v) is 6.88. The van der Waals surface area contributed by atoms with Gasteiger partial charge in [0.1, 0.15) is 0 Å². The number of likely N-dealkylation sites (tertiary alicyclic amines) is 1. The molecule has 0 radical (unpaired) electrons. The average molecular weight is 294 g/mol. The maximum atomic E-state index is 11.7. The van der Waals surface area contributed by atoms with Crippen molar-refractivity contribution in [2.45, 2.75) is 18.3 Å². The van der Waals surface area contributed by atoms with Crippen LogP contribution >= 0.6 is 11.6 Å². The molecule has 1 aromatic rings. The van der Waals surface area contributed by atoms with E-state index in [0.29, 0.717) is 25.9 Å². The maximum Gasteiger partial charge on any atom is 0.314 e. The van der Waals surface area contributed by atoms with Crippen LogP contribution in [0, 0.1) is 0 Å². The first kappa shape index (κ1) is 14.6. The Balaban J connectivity index is 2.19. The summed E-state index contributed by atoms with van der Waals surface area (Å²) in [5, 5.41) is 9.63. The molecule has 1 heterocycles. The highest BCUT2D eigenvalue weighted by Gasteiger charge is 2.43. The van der Waals surface area contributed by atoms with Gasteiger partial charge >= 0.3 is 5.97 Å². The molecule has 0 bridgehead atoms. The second-order valence-corrected chi connectivity index (χ2v) is 5.12. The molecule has 0 unspecified atom stereocenters. The molecule has 0 saturated carbocycles. The summed E-state index contributed by atoms with van der Waals surface area (Å²) in [5.41, 5.74) is 1.08. The van der Waals surface area contributed by atoms with Gasteiger partial charge in [0.2, 0.25) is 5.91 Å². The summed E-state index contributed by atoms with van der Waals surface area (Å²) in [4.78, 5) is 25.1. The van der Waals surface area contributed by atoms with Crippen LogP contribution in [0.15, 0.2) is 41.9 Å². The monoisotopic (exact) mass is 293 g/mol. The zero-order valence-electron chi connectivity index (χ0n) is 11.0.